The van der Waals surface area contributed by atoms with E-state index in [-0.39, 0.29) is 0 Å². The zero-order valence-electron chi connectivity index (χ0n) is 8.20. The number of benzene rings is 1. The van der Waals surface area contributed by atoms with Crippen molar-refractivity contribution in [2.24, 2.45) is 5.92 Å². The Kier molecular flexibility index (Phi) is 3.26. The first-order valence-corrected chi connectivity index (χ1v) is 5.73. The van der Waals surface area contributed by atoms with E-state index < -0.39 is 0 Å². The highest BCUT2D eigenvalue weighted by molar-refractivity contribution is 6.17. The van der Waals surface area contributed by atoms with Crippen LogP contribution < -0.4 is 0 Å². The van der Waals surface area contributed by atoms with Crippen molar-refractivity contribution in [3.63, 3.8) is 0 Å². The van der Waals surface area contributed by atoms with Crippen molar-refractivity contribution in [1.29, 1.82) is 0 Å². The van der Waals surface area contributed by atoms with Crippen molar-refractivity contribution in [2.45, 2.75) is 18.8 Å². The molecule has 1 aromatic rings. The van der Waals surface area contributed by atoms with Crippen LogP contribution in [0.1, 0.15) is 24.3 Å². The smallest absolute Gasteiger partial charge is 0.0258 e. The van der Waals surface area contributed by atoms with Gasteiger partial charge in [-0.1, -0.05) is 42.5 Å². The van der Waals surface area contributed by atoms with Crippen LogP contribution in [0, 0.1) is 5.92 Å². The lowest BCUT2D eigenvalue weighted by Crippen LogP contribution is -1.79. The van der Waals surface area contributed by atoms with Gasteiger partial charge in [0, 0.05) is 5.88 Å². The fourth-order valence-electron chi connectivity index (χ4n) is 1.84. The highest BCUT2D eigenvalue weighted by atomic mass is 35.5. The molecule has 0 saturated heterocycles. The van der Waals surface area contributed by atoms with Crippen molar-refractivity contribution in [2.75, 3.05) is 5.88 Å². The Morgan fingerprint density at radius 1 is 1.29 bits per heavy atom. The van der Waals surface area contributed by atoms with Gasteiger partial charge in [0.05, 0.1) is 0 Å². The lowest BCUT2D eigenvalue weighted by Gasteiger charge is -1.95. The van der Waals surface area contributed by atoms with Crippen LogP contribution in [-0.2, 0) is 0 Å². The SMILES string of the molecule is ClCC/C=C/C1CC1c1ccccc1. The predicted octanol–water partition coefficient (Wildman–Crippen LogP) is 3.98. The largest absolute Gasteiger partial charge is 0.126 e. The third-order valence-electron chi connectivity index (χ3n) is 2.73. The van der Waals surface area contributed by atoms with Crippen LogP contribution >= 0.6 is 11.6 Å². The molecule has 0 amide bonds. The Hall–Kier alpha value is -0.750. The fraction of sp³-hybridized carbons (Fsp3) is 0.385. The van der Waals surface area contributed by atoms with Crippen LogP contribution in [0.2, 0.25) is 0 Å². The van der Waals surface area contributed by atoms with E-state index >= 15 is 0 Å². The molecule has 1 saturated carbocycles. The normalized spacial score (nSPS) is 25.5. The molecule has 0 aliphatic heterocycles. The minimum absolute atomic E-state index is 0.735. The van der Waals surface area contributed by atoms with E-state index in [1.807, 2.05) is 0 Å². The maximum absolute atomic E-state index is 5.61. The summed E-state index contributed by atoms with van der Waals surface area (Å²) in [6.45, 7) is 0. The molecule has 0 radical (unpaired) electrons. The molecule has 0 heterocycles. The second kappa shape index (κ2) is 4.65. The number of hydrogen-bond donors (Lipinski definition) is 0. The number of hydrogen-bond acceptors (Lipinski definition) is 0. The zero-order valence-corrected chi connectivity index (χ0v) is 8.95. The minimum atomic E-state index is 0.735. The van der Waals surface area contributed by atoms with Gasteiger partial charge in [-0.3, -0.25) is 0 Å². The highest BCUT2D eigenvalue weighted by Gasteiger charge is 2.35. The first-order chi connectivity index (χ1) is 6.92. The van der Waals surface area contributed by atoms with Crippen LogP contribution in [0.25, 0.3) is 0 Å². The summed E-state index contributed by atoms with van der Waals surface area (Å²) in [6.07, 6.45) is 6.84. The quantitative estimate of drug-likeness (QED) is 0.517. The van der Waals surface area contributed by atoms with Crippen LogP contribution in [0.3, 0.4) is 0 Å². The standard InChI is InChI=1S/C13H15Cl/c14-9-5-4-8-12-10-13(12)11-6-2-1-3-7-11/h1-4,6-8,12-13H,5,9-10H2/b8-4+. The summed E-state index contributed by atoms with van der Waals surface area (Å²) in [7, 11) is 0. The zero-order chi connectivity index (χ0) is 9.80. The van der Waals surface area contributed by atoms with Gasteiger partial charge in [-0.05, 0) is 30.2 Å². The second-order valence-corrected chi connectivity index (χ2v) is 4.20. The van der Waals surface area contributed by atoms with Crippen molar-refractivity contribution >= 4 is 11.6 Å². The molecule has 74 valence electrons. The Bertz CT molecular complexity index is 302. The van der Waals surface area contributed by atoms with E-state index in [0.29, 0.717) is 0 Å². The number of rotatable bonds is 4. The summed E-state index contributed by atoms with van der Waals surface area (Å²) >= 11 is 5.61. The number of allylic oxidation sites excluding steroid dienone is 2. The first-order valence-electron chi connectivity index (χ1n) is 5.19. The molecular formula is C13H15Cl. The topological polar surface area (TPSA) is 0 Å². The third kappa shape index (κ3) is 2.39. The molecule has 0 bridgehead atoms. The lowest BCUT2D eigenvalue weighted by molar-refractivity contribution is 1.00. The fourth-order valence-corrected chi connectivity index (χ4v) is 1.97. The Balaban J connectivity index is 1.87. The van der Waals surface area contributed by atoms with Gasteiger partial charge < -0.3 is 0 Å². The first kappa shape index (κ1) is 9.79. The number of halogens is 1. The highest BCUT2D eigenvalue weighted by Crippen LogP contribution is 2.48. The van der Waals surface area contributed by atoms with E-state index in [2.05, 4.69) is 42.5 Å². The van der Waals surface area contributed by atoms with Gasteiger partial charge in [-0.15, -0.1) is 11.6 Å². The molecule has 0 spiro atoms. The van der Waals surface area contributed by atoms with Gasteiger partial charge in [0.1, 0.15) is 0 Å². The summed E-state index contributed by atoms with van der Waals surface area (Å²) in [6, 6.07) is 10.8. The molecule has 1 aromatic carbocycles. The molecular weight excluding hydrogens is 192 g/mol. The van der Waals surface area contributed by atoms with Crippen molar-refractivity contribution in [3.8, 4) is 0 Å². The van der Waals surface area contributed by atoms with Crippen molar-refractivity contribution in [1.82, 2.24) is 0 Å². The molecule has 0 N–H and O–H groups in total. The monoisotopic (exact) mass is 206 g/mol. The molecule has 0 nitrogen and oxygen atoms in total. The van der Waals surface area contributed by atoms with Gasteiger partial charge in [-0.2, -0.15) is 0 Å². The summed E-state index contributed by atoms with van der Waals surface area (Å²) in [4.78, 5) is 0. The maximum atomic E-state index is 5.61. The van der Waals surface area contributed by atoms with Crippen LogP contribution in [-0.4, -0.2) is 5.88 Å². The maximum Gasteiger partial charge on any atom is 0.0258 e. The summed E-state index contributed by atoms with van der Waals surface area (Å²) < 4.78 is 0. The Labute approximate surface area is 90.6 Å². The summed E-state index contributed by atoms with van der Waals surface area (Å²) in [5.41, 5.74) is 1.48. The molecule has 2 rings (SSSR count). The third-order valence-corrected chi connectivity index (χ3v) is 2.94. The molecule has 1 aliphatic rings. The molecule has 2 unspecified atom stereocenters. The van der Waals surface area contributed by atoms with Gasteiger partial charge in [0.15, 0.2) is 0 Å². The molecule has 1 heteroatoms. The van der Waals surface area contributed by atoms with Crippen LogP contribution in [0.15, 0.2) is 42.5 Å². The van der Waals surface area contributed by atoms with Crippen molar-refractivity contribution < 1.29 is 0 Å². The second-order valence-electron chi connectivity index (χ2n) is 3.82. The van der Waals surface area contributed by atoms with Crippen LogP contribution in [0.5, 0.6) is 0 Å². The summed E-state index contributed by atoms with van der Waals surface area (Å²) in [5.74, 6) is 2.27. The van der Waals surface area contributed by atoms with Gasteiger partial charge in [0.25, 0.3) is 0 Å². The Morgan fingerprint density at radius 2 is 2.07 bits per heavy atom. The van der Waals surface area contributed by atoms with E-state index in [4.69, 9.17) is 11.6 Å². The van der Waals surface area contributed by atoms with Gasteiger partial charge in [0.2, 0.25) is 0 Å². The van der Waals surface area contributed by atoms with Gasteiger partial charge >= 0.3 is 0 Å². The average Bonchev–Trinajstić information content (AvgIpc) is 2.99. The Morgan fingerprint density at radius 3 is 2.79 bits per heavy atom. The molecule has 2 atom stereocenters. The molecule has 14 heavy (non-hydrogen) atoms. The van der Waals surface area contributed by atoms with E-state index in [9.17, 15) is 0 Å². The molecule has 1 fully saturated rings. The number of alkyl halides is 1. The van der Waals surface area contributed by atoms with Crippen LogP contribution in [0.4, 0.5) is 0 Å². The van der Waals surface area contributed by atoms with E-state index in [0.717, 1.165) is 24.1 Å². The van der Waals surface area contributed by atoms with Crippen molar-refractivity contribution in [3.05, 3.63) is 48.0 Å². The van der Waals surface area contributed by atoms with E-state index in [1.165, 1.54) is 12.0 Å². The average molecular weight is 207 g/mol. The lowest BCUT2D eigenvalue weighted by atomic mass is 10.1. The summed E-state index contributed by atoms with van der Waals surface area (Å²) in [5, 5.41) is 0. The van der Waals surface area contributed by atoms with E-state index in [1.54, 1.807) is 0 Å². The minimum Gasteiger partial charge on any atom is -0.126 e. The molecule has 0 aromatic heterocycles. The van der Waals surface area contributed by atoms with Gasteiger partial charge in [-0.25, -0.2) is 0 Å². The molecule has 1 aliphatic carbocycles. The predicted molar refractivity (Wildman–Crippen MR) is 61.8 cm³/mol.